The van der Waals surface area contributed by atoms with Crippen molar-refractivity contribution in [1.29, 1.82) is 0 Å². The van der Waals surface area contributed by atoms with Crippen LogP contribution in [0.1, 0.15) is 86.0 Å². The van der Waals surface area contributed by atoms with Gasteiger partial charge in [0.2, 0.25) is 5.78 Å². The fraction of sp³-hybridized carbons (Fsp3) is 0.793. The third kappa shape index (κ3) is 4.15. The minimum atomic E-state index is -1.37. The molecule has 0 saturated heterocycles. The molecule has 0 aromatic carbocycles. The maximum atomic E-state index is 13.8. The molecule has 0 unspecified atom stereocenters. The molecule has 200 valence electrons. The number of rotatable bonds is 7. The Hall–Kier alpha value is -2.02. The molecule has 7 atom stereocenters. The number of carbonyl (C=O) groups is 4. The smallest absolute Gasteiger partial charge is 0.309 e. The molecule has 0 aromatic rings. The molecular weight excluding hydrogens is 460 g/mol. The first-order valence-electron chi connectivity index (χ1n) is 13.7. The summed E-state index contributed by atoms with van der Waals surface area (Å²) < 4.78 is 11.3. The lowest BCUT2D eigenvalue weighted by atomic mass is 9.44. The summed E-state index contributed by atoms with van der Waals surface area (Å²) in [5.41, 5.74) is -0.677. The third-order valence-electron chi connectivity index (χ3n) is 10.3. The van der Waals surface area contributed by atoms with Crippen LogP contribution in [0.5, 0.6) is 0 Å². The molecule has 0 aliphatic heterocycles. The summed E-state index contributed by atoms with van der Waals surface area (Å²) in [5, 5.41) is 9.32. The summed E-state index contributed by atoms with van der Waals surface area (Å²) in [6, 6.07) is 0. The number of ketones is 2. The predicted octanol–water partition coefficient (Wildman–Crippen LogP) is 4.20. The van der Waals surface area contributed by atoms with Crippen molar-refractivity contribution in [3.8, 4) is 0 Å². The maximum absolute atomic E-state index is 13.8. The van der Waals surface area contributed by atoms with E-state index in [0.717, 1.165) is 32.1 Å². The SMILES string of the molecule is CC(C)C(=O)OCC(=O)[C@@]1(OC(=O)CCO)CC[C@H]2[C@@H]3C[C@H](C)C4=CC(=O)CC[C@]4(C)[C@H]3CC[C@@]21C. The molecule has 0 heterocycles. The zero-order valence-electron chi connectivity index (χ0n) is 22.4. The van der Waals surface area contributed by atoms with E-state index in [0.29, 0.717) is 24.7 Å². The van der Waals surface area contributed by atoms with Gasteiger partial charge in [-0.1, -0.05) is 40.2 Å². The van der Waals surface area contributed by atoms with Crippen LogP contribution in [0.2, 0.25) is 0 Å². The van der Waals surface area contributed by atoms with Crippen molar-refractivity contribution < 1.29 is 33.8 Å². The minimum absolute atomic E-state index is 0.0206. The summed E-state index contributed by atoms with van der Waals surface area (Å²) in [5.74, 6) is -0.284. The Balaban J connectivity index is 1.67. The number of aliphatic hydroxyl groups excluding tert-OH is 1. The fourth-order valence-electron chi connectivity index (χ4n) is 8.42. The van der Waals surface area contributed by atoms with Crippen molar-refractivity contribution in [2.75, 3.05) is 13.2 Å². The van der Waals surface area contributed by atoms with Crippen LogP contribution in [0, 0.1) is 40.4 Å². The molecule has 0 aromatic heterocycles. The molecule has 0 radical (unpaired) electrons. The molecule has 0 spiro atoms. The van der Waals surface area contributed by atoms with Crippen LogP contribution in [-0.4, -0.2) is 47.4 Å². The van der Waals surface area contributed by atoms with Crippen molar-refractivity contribution in [3.05, 3.63) is 11.6 Å². The zero-order chi connectivity index (χ0) is 26.5. The number of hydrogen-bond donors (Lipinski definition) is 1. The van der Waals surface area contributed by atoms with Crippen molar-refractivity contribution in [1.82, 2.24) is 0 Å². The van der Waals surface area contributed by atoms with Crippen molar-refractivity contribution in [3.63, 3.8) is 0 Å². The Morgan fingerprint density at radius 1 is 1.11 bits per heavy atom. The summed E-state index contributed by atoms with van der Waals surface area (Å²) >= 11 is 0. The van der Waals surface area contributed by atoms with E-state index in [1.807, 2.05) is 6.08 Å². The monoisotopic (exact) mass is 502 g/mol. The van der Waals surface area contributed by atoms with Crippen LogP contribution in [0.4, 0.5) is 0 Å². The van der Waals surface area contributed by atoms with Crippen LogP contribution < -0.4 is 0 Å². The summed E-state index contributed by atoms with van der Waals surface area (Å²) in [6.45, 7) is 9.28. The van der Waals surface area contributed by atoms with Gasteiger partial charge in [-0.2, -0.15) is 0 Å². The lowest BCUT2D eigenvalue weighted by Crippen LogP contribution is -2.60. The van der Waals surface area contributed by atoms with Gasteiger partial charge in [0, 0.05) is 11.8 Å². The van der Waals surface area contributed by atoms with Crippen molar-refractivity contribution >= 4 is 23.5 Å². The minimum Gasteiger partial charge on any atom is -0.457 e. The normalized spacial score (nSPS) is 39.5. The van der Waals surface area contributed by atoms with Crippen LogP contribution in [0.25, 0.3) is 0 Å². The summed E-state index contributed by atoms with van der Waals surface area (Å²) in [7, 11) is 0. The summed E-state index contributed by atoms with van der Waals surface area (Å²) in [4.78, 5) is 50.9. The molecular formula is C29H42O7. The highest BCUT2D eigenvalue weighted by molar-refractivity contribution is 5.93. The van der Waals surface area contributed by atoms with E-state index in [1.54, 1.807) is 13.8 Å². The van der Waals surface area contributed by atoms with Crippen molar-refractivity contribution in [2.24, 2.45) is 40.4 Å². The van der Waals surface area contributed by atoms with Crippen LogP contribution >= 0.6 is 0 Å². The Bertz CT molecular complexity index is 967. The van der Waals surface area contributed by atoms with Crippen LogP contribution in [0.3, 0.4) is 0 Å². The molecule has 4 rings (SSSR count). The van der Waals surface area contributed by atoms with Crippen molar-refractivity contribution in [2.45, 2.75) is 91.6 Å². The number of esters is 2. The number of ether oxygens (including phenoxy) is 2. The van der Waals surface area contributed by atoms with Gasteiger partial charge in [0.1, 0.15) is 0 Å². The van der Waals surface area contributed by atoms with Gasteiger partial charge in [0.25, 0.3) is 0 Å². The third-order valence-corrected chi connectivity index (χ3v) is 10.3. The molecule has 7 heteroatoms. The molecule has 4 aliphatic carbocycles. The van der Waals surface area contributed by atoms with E-state index in [1.165, 1.54) is 5.57 Å². The molecule has 3 fully saturated rings. The standard InChI is InChI=1S/C29H42O7/c1-17(2)26(34)35-16-24(32)29(36-25(33)9-13-30)12-8-22-20-14-18(3)23-15-19(31)6-10-27(23,4)21(20)7-11-28(22,29)5/h15,17-18,20-22,30H,6-14,16H2,1-5H3/t18-,20+,21-,22-,27+,28-,29-/m0/s1. The van der Waals surface area contributed by atoms with Gasteiger partial charge in [-0.3, -0.25) is 19.2 Å². The van der Waals surface area contributed by atoms with E-state index in [9.17, 15) is 24.3 Å². The Morgan fingerprint density at radius 2 is 1.81 bits per heavy atom. The summed E-state index contributed by atoms with van der Waals surface area (Å²) in [6.07, 6.45) is 6.91. The highest BCUT2D eigenvalue weighted by atomic mass is 16.6. The molecule has 0 bridgehead atoms. The van der Waals surface area contributed by atoms with E-state index >= 15 is 0 Å². The largest absolute Gasteiger partial charge is 0.457 e. The van der Waals surface area contributed by atoms with Gasteiger partial charge in [0.05, 0.1) is 18.9 Å². The first-order chi connectivity index (χ1) is 16.9. The molecule has 3 saturated carbocycles. The average molecular weight is 503 g/mol. The van der Waals surface area contributed by atoms with Crippen LogP contribution in [0.15, 0.2) is 11.6 Å². The van der Waals surface area contributed by atoms with E-state index < -0.39 is 29.6 Å². The van der Waals surface area contributed by atoms with Gasteiger partial charge in [-0.15, -0.1) is 0 Å². The van der Waals surface area contributed by atoms with E-state index in [2.05, 4.69) is 20.8 Å². The van der Waals surface area contributed by atoms with Gasteiger partial charge >= 0.3 is 11.9 Å². The molecule has 0 amide bonds. The average Bonchev–Trinajstić information content (AvgIpc) is 3.11. The van der Waals surface area contributed by atoms with Gasteiger partial charge < -0.3 is 14.6 Å². The highest BCUT2D eigenvalue weighted by Gasteiger charge is 2.69. The fourth-order valence-corrected chi connectivity index (χ4v) is 8.42. The van der Waals surface area contributed by atoms with E-state index in [4.69, 9.17) is 9.47 Å². The number of Topliss-reactive ketones (excluding diaryl/α,β-unsaturated/α-hetero) is 1. The number of aliphatic hydroxyl groups is 1. The number of allylic oxidation sites excluding steroid dienone is 1. The first kappa shape index (κ1) is 27.0. The second-order valence-electron chi connectivity index (χ2n) is 12.5. The number of carbonyl (C=O) groups excluding carboxylic acids is 4. The highest BCUT2D eigenvalue weighted by Crippen LogP contribution is 2.69. The molecule has 36 heavy (non-hydrogen) atoms. The Kier molecular flexibility index (Phi) is 7.28. The number of fused-ring (bicyclic) bond motifs is 5. The Morgan fingerprint density at radius 3 is 2.47 bits per heavy atom. The zero-order valence-corrected chi connectivity index (χ0v) is 22.4. The number of hydrogen-bond acceptors (Lipinski definition) is 7. The second kappa shape index (κ2) is 9.70. The Labute approximate surface area is 214 Å². The topological polar surface area (TPSA) is 107 Å². The lowest BCUT2D eigenvalue weighted by molar-refractivity contribution is -0.193. The van der Waals surface area contributed by atoms with Gasteiger partial charge in [-0.25, -0.2) is 0 Å². The molecule has 7 nitrogen and oxygen atoms in total. The quantitative estimate of drug-likeness (QED) is 0.520. The maximum Gasteiger partial charge on any atom is 0.309 e. The van der Waals surface area contributed by atoms with Gasteiger partial charge in [-0.05, 0) is 73.7 Å². The first-order valence-corrected chi connectivity index (χ1v) is 13.7. The predicted molar refractivity (Wildman–Crippen MR) is 133 cm³/mol. The van der Waals surface area contributed by atoms with Crippen LogP contribution in [-0.2, 0) is 28.7 Å². The van der Waals surface area contributed by atoms with Gasteiger partial charge in [0.15, 0.2) is 18.0 Å². The second-order valence-corrected chi connectivity index (χ2v) is 12.5. The lowest BCUT2D eigenvalue weighted by Gasteiger charge is -2.60. The van der Waals surface area contributed by atoms with E-state index in [-0.39, 0.29) is 47.8 Å². The molecule has 4 aliphatic rings. The molecule has 1 N–H and O–H groups in total.